The number of Topliss-reactive ketones (excluding diaryl/α,β-unsaturated/α-hetero) is 2. The SMILES string of the molecule is CC(C)=CCC12OC1C(=O)c1c(O)cccc1C2=O. The van der Waals surface area contributed by atoms with E-state index in [-0.39, 0.29) is 28.4 Å². The van der Waals surface area contributed by atoms with Crippen molar-refractivity contribution in [2.45, 2.75) is 32.0 Å². The summed E-state index contributed by atoms with van der Waals surface area (Å²) >= 11 is 0. The van der Waals surface area contributed by atoms with E-state index in [1.54, 1.807) is 12.1 Å². The first-order valence-corrected chi connectivity index (χ1v) is 6.19. The van der Waals surface area contributed by atoms with E-state index in [4.69, 9.17) is 4.74 Å². The van der Waals surface area contributed by atoms with Gasteiger partial charge in [0.25, 0.3) is 0 Å². The molecule has 1 aromatic rings. The number of hydrogen-bond donors (Lipinski definition) is 1. The fourth-order valence-corrected chi connectivity index (χ4v) is 2.57. The maximum absolute atomic E-state index is 12.5. The number of rotatable bonds is 2. The summed E-state index contributed by atoms with van der Waals surface area (Å²) in [7, 11) is 0. The van der Waals surface area contributed by atoms with Crippen molar-refractivity contribution in [1.82, 2.24) is 0 Å². The summed E-state index contributed by atoms with van der Waals surface area (Å²) in [6, 6.07) is 4.55. The lowest BCUT2D eigenvalue weighted by atomic mass is 9.79. The monoisotopic (exact) mass is 258 g/mol. The van der Waals surface area contributed by atoms with Crippen LogP contribution in [0.15, 0.2) is 29.8 Å². The minimum atomic E-state index is -1.03. The normalized spacial score (nSPS) is 27.6. The molecule has 1 aliphatic carbocycles. The molecule has 2 atom stereocenters. The number of fused-ring (bicyclic) bond motifs is 2. The Balaban J connectivity index is 2.07. The van der Waals surface area contributed by atoms with Gasteiger partial charge in [0.05, 0.1) is 5.56 Å². The quantitative estimate of drug-likeness (QED) is 0.652. The van der Waals surface area contributed by atoms with Crippen molar-refractivity contribution in [3.05, 3.63) is 41.0 Å². The van der Waals surface area contributed by atoms with E-state index in [0.29, 0.717) is 6.42 Å². The van der Waals surface area contributed by atoms with Crippen molar-refractivity contribution < 1.29 is 19.4 Å². The van der Waals surface area contributed by atoms with E-state index >= 15 is 0 Å². The standard InChI is InChI=1S/C15H14O4/c1-8(2)6-7-15-13(18)9-4-3-5-10(16)11(9)12(17)14(15)19-15/h3-6,14,16H,7H2,1-2H3. The third kappa shape index (κ3) is 1.56. The Morgan fingerprint density at radius 2 is 2.16 bits per heavy atom. The van der Waals surface area contributed by atoms with Crippen molar-refractivity contribution in [3.8, 4) is 5.75 Å². The molecule has 4 nitrogen and oxygen atoms in total. The lowest BCUT2D eigenvalue weighted by molar-refractivity contribution is 0.0861. The van der Waals surface area contributed by atoms with Gasteiger partial charge in [-0.05, 0) is 19.9 Å². The van der Waals surface area contributed by atoms with Crippen molar-refractivity contribution in [1.29, 1.82) is 0 Å². The largest absolute Gasteiger partial charge is 0.507 e. The smallest absolute Gasteiger partial charge is 0.199 e. The molecule has 0 spiro atoms. The molecule has 0 radical (unpaired) electrons. The van der Waals surface area contributed by atoms with Crippen molar-refractivity contribution >= 4 is 11.6 Å². The van der Waals surface area contributed by atoms with Crippen molar-refractivity contribution in [2.24, 2.45) is 0 Å². The second kappa shape index (κ2) is 3.78. The number of epoxide rings is 1. The summed E-state index contributed by atoms with van der Waals surface area (Å²) in [5.74, 6) is -0.655. The van der Waals surface area contributed by atoms with Gasteiger partial charge >= 0.3 is 0 Å². The van der Waals surface area contributed by atoms with Crippen molar-refractivity contribution in [2.75, 3.05) is 0 Å². The van der Waals surface area contributed by atoms with Crippen LogP contribution in [0, 0.1) is 0 Å². The molecule has 1 aromatic carbocycles. The second-order valence-electron chi connectivity index (χ2n) is 5.27. The zero-order chi connectivity index (χ0) is 13.8. The highest BCUT2D eigenvalue weighted by Crippen LogP contribution is 2.50. The van der Waals surface area contributed by atoms with Gasteiger partial charge in [-0.25, -0.2) is 0 Å². The van der Waals surface area contributed by atoms with Crippen molar-refractivity contribution in [3.63, 3.8) is 0 Å². The van der Waals surface area contributed by atoms with Crippen LogP contribution < -0.4 is 0 Å². The molecular weight excluding hydrogens is 244 g/mol. The fourth-order valence-electron chi connectivity index (χ4n) is 2.57. The predicted molar refractivity (Wildman–Crippen MR) is 68.4 cm³/mol. The molecule has 1 fully saturated rings. The van der Waals surface area contributed by atoms with Crippen LogP contribution in [-0.4, -0.2) is 28.4 Å². The number of phenols is 1. The Kier molecular flexibility index (Phi) is 2.41. The number of allylic oxidation sites excluding steroid dienone is 1. The molecule has 2 aliphatic rings. The molecule has 19 heavy (non-hydrogen) atoms. The van der Waals surface area contributed by atoms with Crippen LogP contribution >= 0.6 is 0 Å². The molecule has 0 bridgehead atoms. The second-order valence-corrected chi connectivity index (χ2v) is 5.27. The Hall–Kier alpha value is -1.94. The molecule has 1 aliphatic heterocycles. The first-order valence-electron chi connectivity index (χ1n) is 6.19. The highest BCUT2D eigenvalue weighted by molar-refractivity contribution is 6.24. The minimum Gasteiger partial charge on any atom is -0.507 e. The Morgan fingerprint density at radius 3 is 2.84 bits per heavy atom. The summed E-state index contributed by atoms with van der Waals surface area (Å²) in [6.07, 6.45) is 1.56. The topological polar surface area (TPSA) is 66.9 Å². The summed E-state index contributed by atoms with van der Waals surface area (Å²) in [6.45, 7) is 3.87. The average Bonchev–Trinajstić information content (AvgIpc) is 3.10. The van der Waals surface area contributed by atoms with E-state index in [1.165, 1.54) is 6.07 Å². The van der Waals surface area contributed by atoms with Gasteiger partial charge in [-0.15, -0.1) is 0 Å². The number of aromatic hydroxyl groups is 1. The van der Waals surface area contributed by atoms with Gasteiger partial charge in [0.2, 0.25) is 0 Å². The number of ketones is 2. The Bertz CT molecular complexity index is 625. The highest BCUT2D eigenvalue weighted by atomic mass is 16.6. The Labute approximate surface area is 110 Å². The van der Waals surface area contributed by atoms with E-state index in [2.05, 4.69) is 0 Å². The predicted octanol–water partition coefficient (Wildman–Crippen LogP) is 2.27. The molecular formula is C15H14O4. The number of hydrogen-bond acceptors (Lipinski definition) is 4. The van der Waals surface area contributed by atoms with Crippen LogP contribution in [-0.2, 0) is 4.74 Å². The van der Waals surface area contributed by atoms with Crippen LogP contribution in [0.25, 0.3) is 0 Å². The number of carbonyl (C=O) groups is 2. The number of carbonyl (C=O) groups excluding carboxylic acids is 2. The van der Waals surface area contributed by atoms with Crippen LogP contribution in [0.4, 0.5) is 0 Å². The molecule has 0 saturated carbocycles. The van der Waals surface area contributed by atoms with Crippen LogP contribution in [0.3, 0.4) is 0 Å². The summed E-state index contributed by atoms with van der Waals surface area (Å²) < 4.78 is 5.42. The maximum atomic E-state index is 12.5. The van der Waals surface area contributed by atoms with Crippen LogP contribution in [0.5, 0.6) is 5.75 Å². The molecule has 3 rings (SSSR count). The molecule has 1 heterocycles. The van der Waals surface area contributed by atoms with Gasteiger partial charge in [0.15, 0.2) is 23.3 Å². The van der Waals surface area contributed by atoms with E-state index in [9.17, 15) is 14.7 Å². The van der Waals surface area contributed by atoms with E-state index in [1.807, 2.05) is 19.9 Å². The molecule has 0 aromatic heterocycles. The fraction of sp³-hybridized carbons (Fsp3) is 0.333. The lowest BCUT2D eigenvalue weighted by Crippen LogP contribution is -2.36. The third-order valence-electron chi connectivity index (χ3n) is 3.66. The first-order chi connectivity index (χ1) is 8.97. The summed E-state index contributed by atoms with van der Waals surface area (Å²) in [5.41, 5.74) is 0.407. The van der Waals surface area contributed by atoms with Crippen LogP contribution in [0.2, 0.25) is 0 Å². The van der Waals surface area contributed by atoms with E-state index in [0.717, 1.165) is 5.57 Å². The van der Waals surface area contributed by atoms with Gasteiger partial charge in [-0.1, -0.05) is 23.8 Å². The lowest BCUT2D eigenvalue weighted by Gasteiger charge is -2.18. The van der Waals surface area contributed by atoms with Gasteiger partial charge in [0.1, 0.15) is 5.75 Å². The molecule has 1 N–H and O–H groups in total. The number of benzene rings is 1. The molecule has 98 valence electrons. The van der Waals surface area contributed by atoms with Gasteiger partial charge in [-0.3, -0.25) is 9.59 Å². The summed E-state index contributed by atoms with van der Waals surface area (Å²) in [4.78, 5) is 24.7. The van der Waals surface area contributed by atoms with Gasteiger partial charge < -0.3 is 9.84 Å². The first kappa shape index (κ1) is 12.1. The Morgan fingerprint density at radius 1 is 1.42 bits per heavy atom. The molecule has 1 saturated heterocycles. The molecule has 4 heteroatoms. The highest BCUT2D eigenvalue weighted by Gasteiger charge is 2.68. The molecule has 0 amide bonds. The van der Waals surface area contributed by atoms with E-state index < -0.39 is 11.7 Å². The minimum absolute atomic E-state index is 0.0998. The average molecular weight is 258 g/mol. The maximum Gasteiger partial charge on any atom is 0.199 e. The summed E-state index contributed by atoms with van der Waals surface area (Å²) in [5, 5.41) is 9.74. The zero-order valence-electron chi connectivity index (χ0n) is 10.8. The number of ether oxygens (including phenoxy) is 1. The molecule has 2 unspecified atom stereocenters. The number of phenolic OH excluding ortho intramolecular Hbond substituents is 1. The van der Waals surface area contributed by atoms with Crippen LogP contribution in [0.1, 0.15) is 41.0 Å². The zero-order valence-corrected chi connectivity index (χ0v) is 10.8. The third-order valence-corrected chi connectivity index (χ3v) is 3.66. The van der Waals surface area contributed by atoms with Gasteiger partial charge in [-0.2, -0.15) is 0 Å². The van der Waals surface area contributed by atoms with Gasteiger partial charge in [0, 0.05) is 12.0 Å².